The molecule has 0 aliphatic heterocycles. The number of aliphatic hydroxyl groups is 2. The molecule has 0 aliphatic rings. The maximum Gasteiger partial charge on any atom is 0.0462 e. The fourth-order valence-corrected chi connectivity index (χ4v) is 2.98. The summed E-state index contributed by atoms with van der Waals surface area (Å²) in [4.78, 5) is 0. The summed E-state index contributed by atoms with van der Waals surface area (Å²) in [6, 6.07) is 0. The lowest BCUT2D eigenvalue weighted by Gasteiger charge is -2.12. The molecule has 1 unspecified atom stereocenters. The average Bonchev–Trinajstić information content (AvgIpc) is 2.54. The first-order chi connectivity index (χ1) is 10.8. The monoisotopic (exact) mass is 313 g/mol. The maximum atomic E-state index is 9.23. The van der Waals surface area contributed by atoms with Crippen molar-refractivity contribution in [3.63, 3.8) is 0 Å². The zero-order chi connectivity index (χ0) is 16.3. The van der Waals surface area contributed by atoms with Gasteiger partial charge in [0.25, 0.3) is 0 Å². The third-order valence-corrected chi connectivity index (χ3v) is 4.53. The Labute approximate surface area is 139 Å². The lowest BCUT2D eigenvalue weighted by molar-refractivity contribution is 0.215. The quantitative estimate of drug-likeness (QED) is 0.320. The average molecular weight is 314 g/mol. The van der Waals surface area contributed by atoms with E-state index >= 15 is 0 Å². The van der Waals surface area contributed by atoms with E-state index in [1.54, 1.807) is 0 Å². The van der Waals surface area contributed by atoms with Crippen molar-refractivity contribution in [2.75, 3.05) is 13.2 Å². The first-order valence-electron chi connectivity index (χ1n) is 9.90. The van der Waals surface area contributed by atoms with E-state index in [1.165, 1.54) is 77.0 Å². The Morgan fingerprint density at radius 1 is 0.682 bits per heavy atom. The zero-order valence-electron chi connectivity index (χ0n) is 15.1. The van der Waals surface area contributed by atoms with E-state index in [0.29, 0.717) is 5.92 Å². The third kappa shape index (κ3) is 16.3. The number of hydrogen-bond donors (Lipinski definition) is 2. The normalized spacial score (nSPS) is 12.7. The molecule has 0 aliphatic carbocycles. The number of hydrogen-bond acceptors (Lipinski definition) is 2. The van der Waals surface area contributed by atoms with Crippen LogP contribution in [0.5, 0.6) is 0 Å². The Kier molecular flexibility index (Phi) is 18.9. The Balaban J connectivity index is 3.13. The van der Waals surface area contributed by atoms with Crippen molar-refractivity contribution in [2.24, 2.45) is 5.92 Å². The summed E-state index contributed by atoms with van der Waals surface area (Å²) in [5.41, 5.74) is 0. The van der Waals surface area contributed by atoms with Crippen LogP contribution in [0.3, 0.4) is 0 Å². The molecule has 2 N–H and O–H groups in total. The molecule has 2 nitrogen and oxygen atoms in total. The SMILES string of the molecule is CCCCCCCCCCCCCC[CH]C(CO)CCCO. The zero-order valence-corrected chi connectivity index (χ0v) is 15.1. The third-order valence-electron chi connectivity index (χ3n) is 4.53. The summed E-state index contributed by atoms with van der Waals surface area (Å²) in [7, 11) is 0. The van der Waals surface area contributed by atoms with E-state index in [2.05, 4.69) is 13.3 Å². The highest BCUT2D eigenvalue weighted by Crippen LogP contribution is 2.16. The molecule has 0 heterocycles. The van der Waals surface area contributed by atoms with Gasteiger partial charge >= 0.3 is 0 Å². The van der Waals surface area contributed by atoms with E-state index in [4.69, 9.17) is 5.11 Å². The molecule has 0 saturated heterocycles. The second-order valence-electron chi connectivity index (χ2n) is 6.72. The summed E-state index contributed by atoms with van der Waals surface area (Å²) in [5.74, 6) is 0.292. The van der Waals surface area contributed by atoms with Crippen molar-refractivity contribution in [1.82, 2.24) is 0 Å². The van der Waals surface area contributed by atoms with Gasteiger partial charge in [0, 0.05) is 13.2 Å². The molecule has 1 atom stereocenters. The summed E-state index contributed by atoms with van der Waals surface area (Å²) in [5, 5.41) is 18.0. The molecule has 0 aromatic heterocycles. The highest BCUT2D eigenvalue weighted by Gasteiger charge is 2.06. The van der Waals surface area contributed by atoms with E-state index in [1.807, 2.05) is 0 Å². The molecule has 1 radical (unpaired) electrons. The molecule has 0 fully saturated rings. The van der Waals surface area contributed by atoms with Gasteiger partial charge in [0.2, 0.25) is 0 Å². The molecule has 0 bridgehead atoms. The van der Waals surface area contributed by atoms with Crippen LogP contribution in [0.25, 0.3) is 0 Å². The molecular weight excluding hydrogens is 272 g/mol. The Morgan fingerprint density at radius 3 is 1.64 bits per heavy atom. The highest BCUT2D eigenvalue weighted by molar-refractivity contribution is 4.75. The highest BCUT2D eigenvalue weighted by atomic mass is 16.3. The largest absolute Gasteiger partial charge is 0.396 e. The van der Waals surface area contributed by atoms with Crippen LogP contribution >= 0.6 is 0 Å². The molecule has 0 aromatic rings. The fourth-order valence-electron chi connectivity index (χ4n) is 2.98. The molecule has 0 aromatic carbocycles. The second-order valence-corrected chi connectivity index (χ2v) is 6.72. The standard InChI is InChI=1S/C20H41O2/c1-2-3-4-5-6-7-8-9-10-11-12-13-14-16-20(19-22)17-15-18-21/h16,20-22H,2-15,17-19H2,1H3. The first kappa shape index (κ1) is 21.9. The van der Waals surface area contributed by atoms with Crippen LogP contribution in [0.15, 0.2) is 0 Å². The van der Waals surface area contributed by atoms with Gasteiger partial charge in [-0.3, -0.25) is 0 Å². The molecule has 0 rings (SSSR count). The first-order valence-corrected chi connectivity index (χ1v) is 9.90. The van der Waals surface area contributed by atoms with Crippen LogP contribution in [0.4, 0.5) is 0 Å². The minimum absolute atomic E-state index is 0.234. The number of rotatable bonds is 18. The summed E-state index contributed by atoms with van der Waals surface area (Å²) in [6.45, 7) is 2.75. The smallest absolute Gasteiger partial charge is 0.0462 e. The van der Waals surface area contributed by atoms with E-state index < -0.39 is 0 Å². The van der Waals surface area contributed by atoms with Gasteiger partial charge < -0.3 is 10.2 Å². The van der Waals surface area contributed by atoms with Gasteiger partial charge in [-0.1, -0.05) is 84.0 Å². The van der Waals surface area contributed by atoms with Gasteiger partial charge in [-0.25, -0.2) is 0 Å². The fraction of sp³-hybridized carbons (Fsp3) is 0.950. The van der Waals surface area contributed by atoms with Crippen molar-refractivity contribution >= 4 is 0 Å². The van der Waals surface area contributed by atoms with Gasteiger partial charge in [0.05, 0.1) is 0 Å². The van der Waals surface area contributed by atoms with Crippen molar-refractivity contribution in [3.8, 4) is 0 Å². The van der Waals surface area contributed by atoms with Crippen molar-refractivity contribution in [3.05, 3.63) is 6.42 Å². The van der Waals surface area contributed by atoms with Gasteiger partial charge in [-0.05, 0) is 31.6 Å². The Hall–Kier alpha value is -0.0800. The molecule has 2 heteroatoms. The minimum atomic E-state index is 0.234. The molecule has 22 heavy (non-hydrogen) atoms. The van der Waals surface area contributed by atoms with Crippen molar-refractivity contribution in [2.45, 2.75) is 103 Å². The minimum Gasteiger partial charge on any atom is -0.396 e. The van der Waals surface area contributed by atoms with Gasteiger partial charge in [0.15, 0.2) is 0 Å². The topological polar surface area (TPSA) is 40.5 Å². The van der Waals surface area contributed by atoms with Crippen LogP contribution in [0.2, 0.25) is 0 Å². The Bertz CT molecular complexity index is 194. The van der Waals surface area contributed by atoms with Crippen LogP contribution < -0.4 is 0 Å². The van der Waals surface area contributed by atoms with Gasteiger partial charge in [-0.15, -0.1) is 0 Å². The predicted molar refractivity (Wildman–Crippen MR) is 96.9 cm³/mol. The number of aliphatic hydroxyl groups excluding tert-OH is 2. The van der Waals surface area contributed by atoms with Crippen LogP contribution in [0, 0.1) is 12.3 Å². The lowest BCUT2D eigenvalue weighted by atomic mass is 9.96. The molecule has 0 saturated carbocycles. The molecular formula is C20H41O2. The van der Waals surface area contributed by atoms with Crippen LogP contribution in [0.1, 0.15) is 103 Å². The Morgan fingerprint density at radius 2 is 1.18 bits per heavy atom. The van der Waals surface area contributed by atoms with Crippen molar-refractivity contribution < 1.29 is 10.2 Å². The summed E-state index contributed by atoms with van der Waals surface area (Å²) < 4.78 is 0. The summed E-state index contributed by atoms with van der Waals surface area (Å²) in [6.07, 6.45) is 21.8. The van der Waals surface area contributed by atoms with E-state index in [-0.39, 0.29) is 13.2 Å². The molecule has 0 spiro atoms. The van der Waals surface area contributed by atoms with E-state index in [9.17, 15) is 5.11 Å². The van der Waals surface area contributed by atoms with Crippen molar-refractivity contribution in [1.29, 1.82) is 0 Å². The molecule has 0 amide bonds. The summed E-state index contributed by atoms with van der Waals surface area (Å²) >= 11 is 0. The predicted octanol–water partition coefficient (Wildman–Crippen LogP) is 5.66. The van der Waals surface area contributed by atoms with Gasteiger partial charge in [-0.2, -0.15) is 0 Å². The van der Waals surface area contributed by atoms with E-state index in [0.717, 1.165) is 19.3 Å². The number of unbranched alkanes of at least 4 members (excludes halogenated alkanes) is 12. The maximum absolute atomic E-state index is 9.23. The van der Waals surface area contributed by atoms with Crippen LogP contribution in [-0.4, -0.2) is 23.4 Å². The van der Waals surface area contributed by atoms with Crippen LogP contribution in [-0.2, 0) is 0 Å². The van der Waals surface area contributed by atoms with Gasteiger partial charge in [0.1, 0.15) is 0 Å². The second kappa shape index (κ2) is 19.0. The molecule has 133 valence electrons. The lowest BCUT2D eigenvalue weighted by Crippen LogP contribution is -2.07.